The Morgan fingerprint density at radius 3 is 2.30 bits per heavy atom. The molecule has 0 aliphatic heterocycles. The lowest BCUT2D eigenvalue weighted by atomic mass is 10.2. The van der Waals surface area contributed by atoms with Crippen LogP contribution in [-0.2, 0) is 16.6 Å². The molecule has 30 heavy (non-hydrogen) atoms. The molecule has 0 saturated carbocycles. The molecule has 0 amide bonds. The van der Waals surface area contributed by atoms with E-state index in [1.807, 2.05) is 6.92 Å². The maximum atomic E-state index is 12.5. The molecule has 1 N–H and O–H groups in total. The van der Waals surface area contributed by atoms with Crippen LogP contribution in [0.1, 0.15) is 29.8 Å². The molecule has 156 valence electrons. The van der Waals surface area contributed by atoms with Crippen LogP contribution in [0.2, 0.25) is 0 Å². The van der Waals surface area contributed by atoms with Gasteiger partial charge in [-0.25, -0.2) is 18.1 Å². The van der Waals surface area contributed by atoms with Crippen molar-refractivity contribution in [2.24, 2.45) is 0 Å². The van der Waals surface area contributed by atoms with Gasteiger partial charge in [0.15, 0.2) is 5.78 Å². The number of hydrogen-bond donors (Lipinski definition) is 1. The first kappa shape index (κ1) is 21.5. The summed E-state index contributed by atoms with van der Waals surface area (Å²) < 4.78 is 38.7. The summed E-state index contributed by atoms with van der Waals surface area (Å²) in [6.07, 6.45) is 1.55. The zero-order valence-electron chi connectivity index (χ0n) is 16.7. The van der Waals surface area contributed by atoms with Crippen molar-refractivity contribution in [3.05, 3.63) is 78.0 Å². The normalized spacial score (nSPS) is 11.1. The number of hydrogen-bond acceptors (Lipinski definition) is 6. The minimum absolute atomic E-state index is 0.0684. The zero-order chi connectivity index (χ0) is 21.6. The first-order chi connectivity index (χ1) is 14.4. The first-order valence-electron chi connectivity index (χ1n) is 9.33. The van der Waals surface area contributed by atoms with Crippen molar-refractivity contribution in [2.75, 3.05) is 6.61 Å². The van der Waals surface area contributed by atoms with Gasteiger partial charge in [0, 0.05) is 24.4 Å². The van der Waals surface area contributed by atoms with E-state index in [1.54, 1.807) is 42.6 Å². The predicted molar refractivity (Wildman–Crippen MR) is 112 cm³/mol. The van der Waals surface area contributed by atoms with Crippen molar-refractivity contribution in [2.45, 2.75) is 25.3 Å². The Morgan fingerprint density at radius 1 is 1.00 bits per heavy atom. The zero-order valence-corrected chi connectivity index (χ0v) is 17.5. The summed E-state index contributed by atoms with van der Waals surface area (Å²) >= 11 is 0. The van der Waals surface area contributed by atoms with Gasteiger partial charge in [-0.1, -0.05) is 12.1 Å². The van der Waals surface area contributed by atoms with Crippen LogP contribution in [-0.4, -0.2) is 25.8 Å². The van der Waals surface area contributed by atoms with E-state index in [-0.39, 0.29) is 17.2 Å². The predicted octanol–water partition coefficient (Wildman–Crippen LogP) is 3.95. The third kappa shape index (κ3) is 5.65. The number of pyridine rings is 1. The number of carbonyl (C=O) groups excluding carboxylic acids is 1. The Morgan fingerprint density at radius 2 is 1.67 bits per heavy atom. The number of ketones is 1. The number of nitrogens with zero attached hydrogens (tertiary/aromatic N) is 1. The average molecular weight is 426 g/mol. The highest BCUT2D eigenvalue weighted by molar-refractivity contribution is 7.89. The van der Waals surface area contributed by atoms with Crippen molar-refractivity contribution in [1.82, 2.24) is 9.71 Å². The fourth-order valence-electron chi connectivity index (χ4n) is 2.64. The fourth-order valence-corrected chi connectivity index (χ4v) is 3.66. The highest BCUT2D eigenvalue weighted by Crippen LogP contribution is 2.23. The largest absolute Gasteiger partial charge is 0.494 e. The van der Waals surface area contributed by atoms with Gasteiger partial charge in [-0.2, -0.15) is 0 Å². The topological polar surface area (TPSA) is 94.6 Å². The summed E-state index contributed by atoms with van der Waals surface area (Å²) in [6, 6.07) is 16.3. The van der Waals surface area contributed by atoms with Crippen LogP contribution in [0.15, 0.2) is 71.8 Å². The van der Waals surface area contributed by atoms with Gasteiger partial charge in [0.1, 0.15) is 11.5 Å². The summed E-state index contributed by atoms with van der Waals surface area (Å²) in [5.41, 5.74) is 1.15. The van der Waals surface area contributed by atoms with Crippen LogP contribution in [0, 0.1) is 0 Å². The second-order valence-electron chi connectivity index (χ2n) is 6.41. The second-order valence-corrected chi connectivity index (χ2v) is 8.18. The molecule has 0 atom stereocenters. The van der Waals surface area contributed by atoms with Crippen molar-refractivity contribution in [3.8, 4) is 17.4 Å². The third-order valence-electron chi connectivity index (χ3n) is 4.19. The molecule has 3 rings (SSSR count). The smallest absolute Gasteiger partial charge is 0.240 e. The highest BCUT2D eigenvalue weighted by Gasteiger charge is 2.14. The summed E-state index contributed by atoms with van der Waals surface area (Å²) in [6.45, 7) is 3.99. The number of nitrogens with one attached hydrogen (secondary N) is 1. The molecule has 0 aliphatic rings. The fraction of sp³-hybridized carbons (Fsp3) is 0.182. The molecule has 0 saturated heterocycles. The quantitative estimate of drug-likeness (QED) is 0.521. The number of rotatable bonds is 9. The van der Waals surface area contributed by atoms with Gasteiger partial charge in [-0.3, -0.25) is 4.79 Å². The van der Waals surface area contributed by atoms with Gasteiger partial charge < -0.3 is 9.47 Å². The molecule has 7 nitrogen and oxygen atoms in total. The van der Waals surface area contributed by atoms with Gasteiger partial charge in [-0.05, 0) is 61.9 Å². The molecule has 2 aromatic carbocycles. The molecule has 0 radical (unpaired) electrons. The van der Waals surface area contributed by atoms with Gasteiger partial charge in [0.05, 0.1) is 11.5 Å². The van der Waals surface area contributed by atoms with E-state index in [0.29, 0.717) is 29.4 Å². The molecular weight excluding hydrogens is 404 g/mol. The highest BCUT2D eigenvalue weighted by atomic mass is 32.2. The lowest BCUT2D eigenvalue weighted by molar-refractivity contribution is 0.101. The van der Waals surface area contributed by atoms with Crippen LogP contribution in [0.25, 0.3) is 0 Å². The Labute approximate surface area is 175 Å². The molecule has 0 unspecified atom stereocenters. The van der Waals surface area contributed by atoms with E-state index >= 15 is 0 Å². The van der Waals surface area contributed by atoms with Crippen LogP contribution < -0.4 is 14.2 Å². The summed E-state index contributed by atoms with van der Waals surface area (Å²) in [5, 5.41) is 0. The Kier molecular flexibility index (Phi) is 6.81. The van der Waals surface area contributed by atoms with E-state index in [4.69, 9.17) is 9.47 Å². The lowest BCUT2D eigenvalue weighted by Crippen LogP contribution is -2.23. The molecule has 3 aromatic rings. The maximum Gasteiger partial charge on any atom is 0.240 e. The SMILES string of the molecule is CCOc1ccc(Oc2cc(CNS(=O)(=O)c3ccc(C(C)=O)cc3)ccn2)cc1. The minimum atomic E-state index is -3.72. The third-order valence-corrected chi connectivity index (χ3v) is 5.61. The molecular formula is C22H22N2O5S. The minimum Gasteiger partial charge on any atom is -0.494 e. The van der Waals surface area contributed by atoms with E-state index < -0.39 is 10.0 Å². The van der Waals surface area contributed by atoms with Gasteiger partial charge in [-0.15, -0.1) is 0 Å². The number of aromatic nitrogens is 1. The number of carbonyl (C=O) groups is 1. The monoisotopic (exact) mass is 426 g/mol. The van der Waals surface area contributed by atoms with E-state index in [1.165, 1.54) is 31.2 Å². The van der Waals surface area contributed by atoms with Gasteiger partial charge in [0.2, 0.25) is 15.9 Å². The standard InChI is InChI=1S/C22H22N2O5S/c1-3-28-19-6-8-20(9-7-19)29-22-14-17(12-13-23-22)15-24-30(26,27)21-10-4-18(5-11-21)16(2)25/h4-14,24H,3,15H2,1-2H3. The Balaban J connectivity index is 1.65. The average Bonchev–Trinajstić information content (AvgIpc) is 2.74. The number of sulfonamides is 1. The number of benzene rings is 2. The van der Waals surface area contributed by atoms with Crippen LogP contribution in [0.4, 0.5) is 0 Å². The number of ether oxygens (including phenoxy) is 2. The summed E-state index contributed by atoms with van der Waals surface area (Å²) in [4.78, 5) is 15.6. The molecule has 1 aromatic heterocycles. The van der Waals surface area contributed by atoms with Crippen molar-refractivity contribution in [3.63, 3.8) is 0 Å². The number of Topliss-reactive ketones (excluding diaryl/α,β-unsaturated/α-hetero) is 1. The Hall–Kier alpha value is -3.23. The van der Waals surface area contributed by atoms with Crippen LogP contribution >= 0.6 is 0 Å². The molecule has 0 fully saturated rings. The van der Waals surface area contributed by atoms with Gasteiger partial charge in [0.25, 0.3) is 0 Å². The summed E-state index contributed by atoms with van der Waals surface area (Å²) in [5.74, 6) is 1.57. The van der Waals surface area contributed by atoms with E-state index in [2.05, 4.69) is 9.71 Å². The van der Waals surface area contributed by atoms with Crippen molar-refractivity contribution < 1.29 is 22.7 Å². The van der Waals surface area contributed by atoms with Crippen molar-refractivity contribution >= 4 is 15.8 Å². The Bertz CT molecular complexity index is 1110. The van der Waals surface area contributed by atoms with Gasteiger partial charge >= 0.3 is 0 Å². The van der Waals surface area contributed by atoms with Crippen LogP contribution in [0.3, 0.4) is 0 Å². The second kappa shape index (κ2) is 9.51. The first-order valence-corrected chi connectivity index (χ1v) is 10.8. The van der Waals surface area contributed by atoms with Crippen molar-refractivity contribution in [1.29, 1.82) is 0 Å². The molecule has 0 bridgehead atoms. The summed E-state index contributed by atoms with van der Waals surface area (Å²) in [7, 11) is -3.72. The lowest BCUT2D eigenvalue weighted by Gasteiger charge is -2.09. The molecule has 0 aliphatic carbocycles. The van der Waals surface area contributed by atoms with E-state index in [9.17, 15) is 13.2 Å². The van der Waals surface area contributed by atoms with Crippen LogP contribution in [0.5, 0.6) is 17.4 Å². The van der Waals surface area contributed by atoms with E-state index in [0.717, 1.165) is 5.75 Å². The maximum absolute atomic E-state index is 12.5. The molecule has 1 heterocycles. The molecule has 8 heteroatoms. The molecule has 0 spiro atoms.